The van der Waals surface area contributed by atoms with E-state index < -0.39 is 0 Å². The molecule has 0 heterocycles. The summed E-state index contributed by atoms with van der Waals surface area (Å²) in [6.45, 7) is 11.2. The maximum Gasteiger partial charge on any atom is 0.115 e. The highest BCUT2D eigenvalue weighted by Gasteiger charge is 2.17. The lowest BCUT2D eigenvalue weighted by molar-refractivity contribution is 0.181. The summed E-state index contributed by atoms with van der Waals surface area (Å²) >= 11 is 0. The van der Waals surface area contributed by atoms with Gasteiger partial charge in [0.2, 0.25) is 0 Å². The van der Waals surface area contributed by atoms with Gasteiger partial charge < -0.3 is 5.11 Å². The van der Waals surface area contributed by atoms with Gasteiger partial charge in [-0.2, -0.15) is 0 Å². The van der Waals surface area contributed by atoms with Gasteiger partial charge in [0.15, 0.2) is 0 Å². The molecule has 1 aromatic carbocycles. The van der Waals surface area contributed by atoms with Gasteiger partial charge >= 0.3 is 0 Å². The van der Waals surface area contributed by atoms with E-state index in [0.29, 0.717) is 11.8 Å². The Kier molecular flexibility index (Phi) is 6.20. The molecule has 1 unspecified atom stereocenters. The first-order valence-corrected chi connectivity index (χ1v) is 7.15. The van der Waals surface area contributed by atoms with E-state index in [2.05, 4.69) is 32.6 Å². The second-order valence-electron chi connectivity index (χ2n) is 5.04. The number of phenolic OH excluding ortho intramolecular Hbond substituents is 1. The molecule has 0 aliphatic carbocycles. The van der Waals surface area contributed by atoms with Crippen molar-refractivity contribution in [3.63, 3.8) is 0 Å². The lowest BCUT2D eigenvalue weighted by atomic mass is 10.00. The first kappa shape index (κ1) is 15.0. The van der Waals surface area contributed by atoms with Crippen LogP contribution in [0.15, 0.2) is 24.3 Å². The van der Waals surface area contributed by atoms with Crippen molar-refractivity contribution >= 4 is 0 Å². The number of hydrogen-bond acceptors (Lipinski definition) is 2. The van der Waals surface area contributed by atoms with E-state index >= 15 is 0 Å². The Bertz CT molecular complexity index is 329. The van der Waals surface area contributed by atoms with E-state index in [1.807, 2.05) is 12.1 Å². The van der Waals surface area contributed by atoms with Crippen LogP contribution in [-0.2, 0) is 0 Å². The molecule has 0 radical (unpaired) electrons. The molecule has 1 atom stereocenters. The number of hydrogen-bond donors (Lipinski definition) is 1. The first-order valence-electron chi connectivity index (χ1n) is 7.15. The molecule has 2 heteroatoms. The molecular formula is C16H27NO. The average molecular weight is 249 g/mol. The number of nitrogens with zero attached hydrogens (tertiary/aromatic N) is 1. The molecule has 2 nitrogen and oxygen atoms in total. The van der Waals surface area contributed by atoms with Gasteiger partial charge in [0.25, 0.3) is 0 Å². The van der Waals surface area contributed by atoms with Crippen molar-refractivity contribution in [2.24, 2.45) is 5.92 Å². The predicted molar refractivity (Wildman–Crippen MR) is 77.8 cm³/mol. The van der Waals surface area contributed by atoms with Crippen molar-refractivity contribution in [3.8, 4) is 5.75 Å². The molecule has 0 saturated carbocycles. The second-order valence-corrected chi connectivity index (χ2v) is 5.04. The van der Waals surface area contributed by atoms with Gasteiger partial charge in [-0.15, -0.1) is 0 Å². The van der Waals surface area contributed by atoms with Gasteiger partial charge in [0.05, 0.1) is 0 Å². The maximum atomic E-state index is 9.34. The van der Waals surface area contributed by atoms with E-state index in [0.717, 1.165) is 19.0 Å². The minimum Gasteiger partial charge on any atom is -0.508 e. The highest BCUT2D eigenvalue weighted by Crippen LogP contribution is 2.24. The molecule has 1 aromatic rings. The third-order valence-corrected chi connectivity index (χ3v) is 3.98. The highest BCUT2D eigenvalue weighted by atomic mass is 16.3. The Morgan fingerprint density at radius 2 is 1.61 bits per heavy atom. The Hall–Kier alpha value is -1.02. The molecule has 18 heavy (non-hydrogen) atoms. The van der Waals surface area contributed by atoms with E-state index in [1.165, 1.54) is 18.4 Å². The van der Waals surface area contributed by atoms with Gasteiger partial charge in [-0.1, -0.05) is 45.7 Å². The fourth-order valence-electron chi connectivity index (χ4n) is 2.40. The summed E-state index contributed by atoms with van der Waals surface area (Å²) in [5.41, 5.74) is 1.28. The van der Waals surface area contributed by atoms with Crippen LogP contribution in [0.1, 0.15) is 52.1 Å². The lowest BCUT2D eigenvalue weighted by Gasteiger charge is -2.31. The average Bonchev–Trinajstić information content (AvgIpc) is 2.40. The standard InChI is InChI=1S/C16H27NO/c1-5-14(6-2)12-17(7-3)13(4)15-8-10-16(18)11-9-15/h8-11,13-14,18H,5-7,12H2,1-4H3. The summed E-state index contributed by atoms with van der Waals surface area (Å²) in [6.07, 6.45) is 2.49. The molecule has 0 aromatic heterocycles. The Morgan fingerprint density at radius 1 is 1.06 bits per heavy atom. The van der Waals surface area contributed by atoms with Crippen LogP contribution in [0.3, 0.4) is 0 Å². The number of aromatic hydroxyl groups is 1. The van der Waals surface area contributed by atoms with Crippen molar-refractivity contribution in [2.75, 3.05) is 13.1 Å². The van der Waals surface area contributed by atoms with E-state index in [4.69, 9.17) is 0 Å². The fourth-order valence-corrected chi connectivity index (χ4v) is 2.40. The summed E-state index contributed by atoms with van der Waals surface area (Å²) in [4.78, 5) is 2.52. The summed E-state index contributed by atoms with van der Waals surface area (Å²) in [5, 5.41) is 9.34. The summed E-state index contributed by atoms with van der Waals surface area (Å²) < 4.78 is 0. The van der Waals surface area contributed by atoms with E-state index in [-0.39, 0.29) is 0 Å². The van der Waals surface area contributed by atoms with Crippen LogP contribution in [0, 0.1) is 5.92 Å². The van der Waals surface area contributed by atoms with Crippen LogP contribution in [-0.4, -0.2) is 23.1 Å². The SMILES string of the molecule is CCC(CC)CN(CC)C(C)c1ccc(O)cc1. The van der Waals surface area contributed by atoms with Crippen molar-refractivity contribution < 1.29 is 5.11 Å². The molecule has 0 aliphatic heterocycles. The quantitative estimate of drug-likeness (QED) is 0.782. The molecular weight excluding hydrogens is 222 g/mol. The Morgan fingerprint density at radius 3 is 2.06 bits per heavy atom. The highest BCUT2D eigenvalue weighted by molar-refractivity contribution is 5.27. The summed E-state index contributed by atoms with van der Waals surface area (Å²) in [6, 6.07) is 8.01. The summed E-state index contributed by atoms with van der Waals surface area (Å²) in [7, 11) is 0. The topological polar surface area (TPSA) is 23.5 Å². The normalized spacial score (nSPS) is 13.2. The smallest absolute Gasteiger partial charge is 0.115 e. The third kappa shape index (κ3) is 4.02. The Balaban J connectivity index is 2.72. The van der Waals surface area contributed by atoms with Gasteiger partial charge in [0.1, 0.15) is 5.75 Å². The molecule has 102 valence electrons. The van der Waals surface area contributed by atoms with Gasteiger partial charge in [-0.05, 0) is 37.1 Å². The Labute approximate surface area is 112 Å². The van der Waals surface area contributed by atoms with Crippen molar-refractivity contribution in [3.05, 3.63) is 29.8 Å². The van der Waals surface area contributed by atoms with E-state index in [1.54, 1.807) is 12.1 Å². The molecule has 0 fully saturated rings. The summed E-state index contributed by atoms with van der Waals surface area (Å²) in [5.74, 6) is 1.12. The van der Waals surface area contributed by atoms with E-state index in [9.17, 15) is 5.11 Å². The minimum atomic E-state index is 0.342. The second kappa shape index (κ2) is 7.42. The number of phenols is 1. The van der Waals surface area contributed by atoms with Crippen molar-refractivity contribution in [1.29, 1.82) is 0 Å². The van der Waals surface area contributed by atoms with Gasteiger partial charge in [-0.25, -0.2) is 0 Å². The lowest BCUT2D eigenvalue weighted by Crippen LogP contribution is -2.31. The molecule has 0 spiro atoms. The zero-order chi connectivity index (χ0) is 13.5. The third-order valence-electron chi connectivity index (χ3n) is 3.98. The van der Waals surface area contributed by atoms with Crippen LogP contribution in [0.2, 0.25) is 0 Å². The molecule has 0 aliphatic rings. The number of rotatable bonds is 7. The van der Waals surface area contributed by atoms with Gasteiger partial charge in [0, 0.05) is 12.6 Å². The number of benzene rings is 1. The molecule has 0 bridgehead atoms. The van der Waals surface area contributed by atoms with Crippen molar-refractivity contribution in [1.82, 2.24) is 4.90 Å². The molecule has 0 saturated heterocycles. The zero-order valence-corrected chi connectivity index (χ0v) is 12.2. The molecule has 1 rings (SSSR count). The monoisotopic (exact) mass is 249 g/mol. The maximum absolute atomic E-state index is 9.34. The van der Waals surface area contributed by atoms with Crippen LogP contribution < -0.4 is 0 Å². The minimum absolute atomic E-state index is 0.342. The zero-order valence-electron chi connectivity index (χ0n) is 12.2. The van der Waals surface area contributed by atoms with Crippen LogP contribution in [0.5, 0.6) is 5.75 Å². The molecule has 0 amide bonds. The first-order chi connectivity index (χ1) is 8.62. The largest absolute Gasteiger partial charge is 0.508 e. The predicted octanol–water partition coefficient (Wildman–Crippen LogP) is 4.21. The fraction of sp³-hybridized carbons (Fsp3) is 0.625. The molecule has 1 N–H and O–H groups in total. The van der Waals surface area contributed by atoms with Crippen molar-refractivity contribution in [2.45, 2.75) is 46.6 Å². The van der Waals surface area contributed by atoms with Crippen LogP contribution in [0.25, 0.3) is 0 Å². The van der Waals surface area contributed by atoms with Gasteiger partial charge in [-0.3, -0.25) is 4.90 Å². The van der Waals surface area contributed by atoms with Crippen LogP contribution in [0.4, 0.5) is 0 Å². The van der Waals surface area contributed by atoms with Crippen LogP contribution >= 0.6 is 0 Å².